The van der Waals surface area contributed by atoms with Gasteiger partial charge < -0.3 is 9.80 Å². The van der Waals surface area contributed by atoms with E-state index in [1.54, 1.807) is 43.8 Å². The summed E-state index contributed by atoms with van der Waals surface area (Å²) < 4.78 is 1.41. The van der Waals surface area contributed by atoms with Crippen LogP contribution in [0.3, 0.4) is 0 Å². The summed E-state index contributed by atoms with van der Waals surface area (Å²) in [5, 5.41) is 0. The number of hydrogen-bond donors (Lipinski definition) is 0. The number of aromatic nitrogens is 2. The Hall–Kier alpha value is -2.22. The lowest BCUT2D eigenvalue weighted by Crippen LogP contribution is -2.41. The quantitative estimate of drug-likeness (QED) is 0.731. The molecule has 25 heavy (non-hydrogen) atoms. The lowest BCUT2D eigenvalue weighted by Gasteiger charge is -2.23. The van der Waals surface area contributed by atoms with E-state index in [1.165, 1.54) is 4.57 Å². The minimum atomic E-state index is -0.390. The van der Waals surface area contributed by atoms with E-state index in [1.807, 2.05) is 0 Å². The average Bonchev–Trinajstić information content (AvgIpc) is 2.76. The molecule has 0 N–H and O–H groups in total. The van der Waals surface area contributed by atoms with Crippen molar-refractivity contribution >= 4 is 11.8 Å². The van der Waals surface area contributed by atoms with Crippen molar-refractivity contribution in [1.29, 1.82) is 0 Å². The van der Waals surface area contributed by atoms with Crippen LogP contribution in [0.2, 0.25) is 0 Å². The van der Waals surface area contributed by atoms with Crippen LogP contribution in [0, 0.1) is 13.8 Å². The molecule has 1 aliphatic rings. The highest BCUT2D eigenvalue weighted by Gasteiger charge is 2.21. The van der Waals surface area contributed by atoms with Crippen LogP contribution in [0.15, 0.2) is 10.9 Å². The van der Waals surface area contributed by atoms with E-state index in [4.69, 9.17) is 0 Å². The van der Waals surface area contributed by atoms with Crippen molar-refractivity contribution in [1.82, 2.24) is 24.3 Å². The van der Waals surface area contributed by atoms with Crippen molar-refractivity contribution in [2.75, 3.05) is 46.8 Å². The topological polar surface area (TPSA) is 78.8 Å². The fourth-order valence-corrected chi connectivity index (χ4v) is 2.91. The molecule has 1 aromatic rings. The Morgan fingerprint density at radius 1 is 1.12 bits per heavy atom. The molecule has 8 nitrogen and oxygen atoms in total. The van der Waals surface area contributed by atoms with Gasteiger partial charge in [-0.05, 0) is 26.3 Å². The van der Waals surface area contributed by atoms with Crippen LogP contribution in [-0.2, 0) is 16.1 Å². The highest BCUT2D eigenvalue weighted by atomic mass is 16.2. The maximum absolute atomic E-state index is 12.6. The Morgan fingerprint density at radius 2 is 1.84 bits per heavy atom. The molecular weight excluding hydrogens is 322 g/mol. The third-order valence-electron chi connectivity index (χ3n) is 4.44. The normalized spacial score (nSPS) is 15.8. The smallest absolute Gasteiger partial charge is 0.348 e. The highest BCUT2D eigenvalue weighted by molar-refractivity contribution is 5.78. The van der Waals surface area contributed by atoms with Crippen molar-refractivity contribution in [3.8, 4) is 0 Å². The molecule has 138 valence electrons. The first kappa shape index (κ1) is 19.1. The maximum atomic E-state index is 12.6. The zero-order valence-electron chi connectivity index (χ0n) is 15.5. The fraction of sp³-hybridized carbons (Fsp3) is 0.647. The van der Waals surface area contributed by atoms with Crippen LogP contribution in [0.5, 0.6) is 0 Å². The molecule has 2 rings (SSSR count). The van der Waals surface area contributed by atoms with Gasteiger partial charge in [-0.25, -0.2) is 4.79 Å². The van der Waals surface area contributed by atoms with E-state index in [2.05, 4.69) is 9.88 Å². The van der Waals surface area contributed by atoms with Gasteiger partial charge in [0, 0.05) is 51.7 Å². The monoisotopic (exact) mass is 349 g/mol. The number of rotatable bonds is 4. The molecule has 1 aliphatic heterocycles. The van der Waals surface area contributed by atoms with E-state index in [0.29, 0.717) is 31.9 Å². The van der Waals surface area contributed by atoms with Crippen molar-refractivity contribution in [2.45, 2.75) is 26.8 Å². The number of hydrogen-bond acceptors (Lipinski definition) is 5. The molecule has 2 heterocycles. The first-order chi connectivity index (χ1) is 11.8. The van der Waals surface area contributed by atoms with Crippen LogP contribution in [0.25, 0.3) is 0 Å². The van der Waals surface area contributed by atoms with Gasteiger partial charge in [-0.1, -0.05) is 0 Å². The minimum Gasteiger partial charge on any atom is -0.348 e. The molecule has 8 heteroatoms. The molecule has 0 bridgehead atoms. The van der Waals surface area contributed by atoms with Gasteiger partial charge in [0.25, 0.3) is 0 Å². The Morgan fingerprint density at radius 3 is 2.48 bits per heavy atom. The first-order valence-electron chi connectivity index (χ1n) is 8.53. The zero-order chi connectivity index (χ0) is 18.6. The van der Waals surface area contributed by atoms with Gasteiger partial charge in [0.15, 0.2) is 0 Å². The molecule has 0 atom stereocenters. The SMILES string of the molecule is Cc1cc(C)n(CC(=O)N2CCCN(CC(=O)N(C)C)CC2)c(=O)n1. The van der Waals surface area contributed by atoms with E-state index in [-0.39, 0.29) is 24.0 Å². The van der Waals surface area contributed by atoms with Crippen molar-refractivity contribution < 1.29 is 9.59 Å². The molecule has 0 aliphatic carbocycles. The summed E-state index contributed by atoms with van der Waals surface area (Å²) in [5.41, 5.74) is 1.000. The second kappa shape index (κ2) is 8.24. The van der Waals surface area contributed by atoms with Crippen LogP contribution in [0.4, 0.5) is 0 Å². The van der Waals surface area contributed by atoms with Crippen LogP contribution >= 0.6 is 0 Å². The Kier molecular flexibility index (Phi) is 6.30. The van der Waals surface area contributed by atoms with E-state index < -0.39 is 0 Å². The fourth-order valence-electron chi connectivity index (χ4n) is 2.91. The van der Waals surface area contributed by atoms with Gasteiger partial charge in [-0.3, -0.25) is 19.1 Å². The number of amides is 2. The van der Waals surface area contributed by atoms with E-state index >= 15 is 0 Å². The summed E-state index contributed by atoms with van der Waals surface area (Å²) in [6.07, 6.45) is 0.812. The molecule has 2 amide bonds. The standard InChI is InChI=1S/C17H27N5O3/c1-13-10-14(2)22(17(25)18-13)12-16(24)21-7-5-6-20(8-9-21)11-15(23)19(3)4/h10H,5-9,11-12H2,1-4H3. The molecule has 1 saturated heterocycles. The lowest BCUT2D eigenvalue weighted by molar-refractivity contribution is -0.131. The summed E-state index contributed by atoms with van der Waals surface area (Å²) in [4.78, 5) is 45.8. The third-order valence-corrected chi connectivity index (χ3v) is 4.44. The Labute approximate surface area is 148 Å². The van der Waals surface area contributed by atoms with E-state index in [0.717, 1.165) is 18.7 Å². The predicted molar refractivity (Wildman–Crippen MR) is 94.3 cm³/mol. The molecule has 0 spiro atoms. The average molecular weight is 349 g/mol. The predicted octanol–water partition coefficient (Wildman–Crippen LogP) is -0.517. The first-order valence-corrected chi connectivity index (χ1v) is 8.53. The number of carbonyl (C=O) groups is 2. The number of nitrogens with zero attached hydrogens (tertiary/aromatic N) is 5. The molecule has 0 aromatic carbocycles. The Bertz CT molecular complexity index is 698. The molecule has 0 radical (unpaired) electrons. The second-order valence-electron chi connectivity index (χ2n) is 6.71. The van der Waals surface area contributed by atoms with Crippen LogP contribution in [-0.4, -0.2) is 82.9 Å². The zero-order valence-corrected chi connectivity index (χ0v) is 15.5. The van der Waals surface area contributed by atoms with Gasteiger partial charge in [-0.2, -0.15) is 4.98 Å². The van der Waals surface area contributed by atoms with Crippen LogP contribution < -0.4 is 5.69 Å². The van der Waals surface area contributed by atoms with Gasteiger partial charge >= 0.3 is 5.69 Å². The second-order valence-corrected chi connectivity index (χ2v) is 6.71. The summed E-state index contributed by atoms with van der Waals surface area (Å²) >= 11 is 0. The molecule has 0 unspecified atom stereocenters. The molecule has 1 fully saturated rings. The number of likely N-dealkylation sites (N-methyl/N-ethyl adjacent to an activating group) is 1. The summed E-state index contributed by atoms with van der Waals surface area (Å²) in [6.45, 7) is 6.59. The molecular formula is C17H27N5O3. The number of carbonyl (C=O) groups excluding carboxylic acids is 2. The molecule has 0 saturated carbocycles. The number of aryl methyl sites for hydroxylation is 2. The van der Waals surface area contributed by atoms with Crippen LogP contribution in [0.1, 0.15) is 17.8 Å². The van der Waals surface area contributed by atoms with E-state index in [9.17, 15) is 14.4 Å². The summed E-state index contributed by atoms with van der Waals surface area (Å²) in [6, 6.07) is 1.80. The maximum Gasteiger partial charge on any atom is 0.348 e. The van der Waals surface area contributed by atoms with Gasteiger partial charge in [0.1, 0.15) is 6.54 Å². The van der Waals surface area contributed by atoms with Gasteiger partial charge in [-0.15, -0.1) is 0 Å². The summed E-state index contributed by atoms with van der Waals surface area (Å²) in [5.74, 6) is -0.0238. The largest absolute Gasteiger partial charge is 0.348 e. The van der Waals surface area contributed by atoms with Gasteiger partial charge in [0.2, 0.25) is 11.8 Å². The highest BCUT2D eigenvalue weighted by Crippen LogP contribution is 2.06. The minimum absolute atomic E-state index is 0.00851. The summed E-state index contributed by atoms with van der Waals surface area (Å²) in [7, 11) is 3.48. The third kappa shape index (κ3) is 5.12. The Balaban J connectivity index is 1.97. The van der Waals surface area contributed by atoms with Crippen molar-refractivity contribution in [2.24, 2.45) is 0 Å². The van der Waals surface area contributed by atoms with Gasteiger partial charge in [0.05, 0.1) is 6.54 Å². The molecule has 1 aromatic heterocycles. The lowest BCUT2D eigenvalue weighted by atomic mass is 10.3. The van der Waals surface area contributed by atoms with Crippen molar-refractivity contribution in [3.05, 3.63) is 27.9 Å². The van der Waals surface area contributed by atoms with Crippen molar-refractivity contribution in [3.63, 3.8) is 0 Å².